The molecule has 1 aromatic heterocycles. The highest BCUT2D eigenvalue weighted by Gasteiger charge is 2.35. The molecule has 0 saturated heterocycles. The quantitative estimate of drug-likeness (QED) is 0.839. The normalized spacial score (nSPS) is 22.1. The second-order valence-corrected chi connectivity index (χ2v) is 7.40. The largest absolute Gasteiger partial charge is 0.348 e. The lowest BCUT2D eigenvalue weighted by atomic mass is 10.3. The van der Waals surface area contributed by atoms with Gasteiger partial charge in [0.05, 0.1) is 6.54 Å². The summed E-state index contributed by atoms with van der Waals surface area (Å²) < 4.78 is 48.3. The van der Waals surface area contributed by atoms with Gasteiger partial charge in [-0.15, -0.1) is 0 Å². The molecule has 0 radical (unpaired) electrons. The summed E-state index contributed by atoms with van der Waals surface area (Å²) in [4.78, 5) is 11.6. The molecule has 2 rings (SSSR count). The number of nitrogens with one attached hydrogen (secondary N) is 1. The molecule has 1 heterocycles. The van der Waals surface area contributed by atoms with Crippen molar-refractivity contribution in [1.82, 2.24) is 9.88 Å². The van der Waals surface area contributed by atoms with Crippen LogP contribution in [0, 0.1) is 5.92 Å². The molecule has 1 aliphatic rings. The predicted octanol–water partition coefficient (Wildman–Crippen LogP) is 1.82. The molecule has 20 heavy (non-hydrogen) atoms. The zero-order valence-electron chi connectivity index (χ0n) is 10.5. The van der Waals surface area contributed by atoms with Gasteiger partial charge in [0.15, 0.2) is 0 Å². The fraction of sp³-hybridized carbons (Fsp3) is 0.545. The molecule has 2 unspecified atom stereocenters. The fourth-order valence-corrected chi connectivity index (χ4v) is 2.63. The summed E-state index contributed by atoms with van der Waals surface area (Å²) in [7, 11) is 1.10. The maximum atomic E-state index is 12.5. The second-order valence-electron chi connectivity index (χ2n) is 4.84. The van der Waals surface area contributed by atoms with Crippen LogP contribution in [0.1, 0.15) is 23.8 Å². The Morgan fingerprint density at radius 2 is 2.20 bits per heavy atom. The maximum absolute atomic E-state index is 12.5. The lowest BCUT2D eigenvalue weighted by Gasteiger charge is -2.08. The van der Waals surface area contributed by atoms with E-state index in [1.54, 1.807) is 0 Å². The van der Waals surface area contributed by atoms with Gasteiger partial charge in [-0.25, -0.2) is 17.2 Å². The predicted molar refractivity (Wildman–Crippen MR) is 68.5 cm³/mol. The van der Waals surface area contributed by atoms with E-state index < -0.39 is 27.9 Å². The second kappa shape index (κ2) is 5.33. The molecule has 9 heteroatoms. The zero-order valence-corrected chi connectivity index (χ0v) is 12.1. The Hall–Kier alpha value is -1.15. The van der Waals surface area contributed by atoms with Crippen LogP contribution in [0.15, 0.2) is 17.2 Å². The first-order valence-electron chi connectivity index (χ1n) is 5.92. The molecule has 1 N–H and O–H groups in total. The summed E-state index contributed by atoms with van der Waals surface area (Å²) in [6, 6.07) is 1.01. The number of halogens is 3. The third-order valence-corrected chi connectivity index (χ3v) is 4.47. The van der Waals surface area contributed by atoms with Crippen molar-refractivity contribution >= 4 is 25.6 Å². The third-order valence-electron chi connectivity index (χ3n) is 3.15. The molecular formula is C11H13ClF2N2O3S. The zero-order chi connectivity index (χ0) is 15.1. The number of aromatic nitrogens is 1. The first-order chi connectivity index (χ1) is 9.18. The van der Waals surface area contributed by atoms with E-state index in [1.807, 2.05) is 6.92 Å². The molecule has 1 amide bonds. The van der Waals surface area contributed by atoms with Crippen LogP contribution in [0.25, 0.3) is 0 Å². The minimum absolute atomic E-state index is 0.00783. The van der Waals surface area contributed by atoms with E-state index in [2.05, 4.69) is 5.32 Å². The van der Waals surface area contributed by atoms with Crippen LogP contribution in [0.4, 0.5) is 8.78 Å². The molecule has 1 aromatic rings. The summed E-state index contributed by atoms with van der Waals surface area (Å²) in [5, 5.41) is 2.66. The van der Waals surface area contributed by atoms with E-state index in [9.17, 15) is 22.0 Å². The highest BCUT2D eigenvalue weighted by atomic mass is 35.7. The Bertz CT molecular complexity index is 630. The van der Waals surface area contributed by atoms with E-state index in [1.165, 1.54) is 0 Å². The maximum Gasteiger partial charge on any atom is 0.268 e. The van der Waals surface area contributed by atoms with Crippen molar-refractivity contribution in [3.8, 4) is 0 Å². The van der Waals surface area contributed by atoms with Crippen molar-refractivity contribution in [2.24, 2.45) is 5.92 Å². The van der Waals surface area contributed by atoms with Crippen LogP contribution in [-0.2, 0) is 15.6 Å². The Balaban J connectivity index is 2.28. The van der Waals surface area contributed by atoms with E-state index in [0.717, 1.165) is 23.3 Å². The molecule has 0 spiro atoms. The summed E-state index contributed by atoms with van der Waals surface area (Å²) in [6.45, 7) is 1.17. The van der Waals surface area contributed by atoms with Crippen molar-refractivity contribution in [2.45, 2.75) is 37.3 Å². The van der Waals surface area contributed by atoms with Crippen LogP contribution in [0.5, 0.6) is 0 Å². The number of rotatable bonds is 5. The number of hydrogen-bond donors (Lipinski definition) is 1. The van der Waals surface area contributed by atoms with Gasteiger partial charge in [-0.2, -0.15) is 0 Å². The minimum Gasteiger partial charge on any atom is -0.348 e. The van der Waals surface area contributed by atoms with Crippen molar-refractivity contribution in [1.29, 1.82) is 0 Å². The molecule has 1 aliphatic carbocycles. The Labute approximate surface area is 119 Å². The van der Waals surface area contributed by atoms with Gasteiger partial charge in [0.25, 0.3) is 21.4 Å². The van der Waals surface area contributed by atoms with Crippen molar-refractivity contribution in [2.75, 3.05) is 0 Å². The fourth-order valence-electron chi connectivity index (χ4n) is 1.87. The summed E-state index contributed by atoms with van der Waals surface area (Å²) in [6.07, 6.45) is -0.943. The summed E-state index contributed by atoms with van der Waals surface area (Å²) in [5.74, 6) is -0.236. The van der Waals surface area contributed by atoms with E-state index in [0.29, 0.717) is 5.92 Å². The lowest BCUT2D eigenvalue weighted by Crippen LogP contribution is -2.29. The third kappa shape index (κ3) is 3.49. The average molecular weight is 327 g/mol. The highest BCUT2D eigenvalue weighted by Crippen LogP contribution is 2.29. The highest BCUT2D eigenvalue weighted by molar-refractivity contribution is 8.13. The van der Waals surface area contributed by atoms with Crippen molar-refractivity contribution in [3.05, 3.63) is 18.0 Å². The molecule has 0 aliphatic heterocycles. The molecule has 2 atom stereocenters. The van der Waals surface area contributed by atoms with Crippen LogP contribution in [0.2, 0.25) is 0 Å². The Kier molecular flexibility index (Phi) is 4.06. The topological polar surface area (TPSA) is 68.2 Å². The minimum atomic E-state index is -4.07. The Morgan fingerprint density at radius 1 is 1.60 bits per heavy atom. The molecular weight excluding hydrogens is 314 g/mol. The standard InChI is InChI=1S/C11H13ClF2N2O3S/c1-6-2-8(6)15-11(17)9-3-7(20(12,18)19)4-16(9)5-10(13)14/h3-4,6,8,10H,2,5H2,1H3,(H,15,17). The monoisotopic (exact) mass is 326 g/mol. The molecule has 0 aromatic carbocycles. The first-order valence-corrected chi connectivity index (χ1v) is 8.23. The smallest absolute Gasteiger partial charge is 0.268 e. The molecule has 1 fully saturated rings. The van der Waals surface area contributed by atoms with E-state index in [-0.39, 0.29) is 16.6 Å². The van der Waals surface area contributed by atoms with Gasteiger partial charge in [-0.3, -0.25) is 4.79 Å². The summed E-state index contributed by atoms with van der Waals surface area (Å²) >= 11 is 0. The van der Waals surface area contributed by atoms with E-state index in [4.69, 9.17) is 10.7 Å². The molecule has 1 saturated carbocycles. The number of carbonyl (C=O) groups is 1. The molecule has 0 bridgehead atoms. The number of hydrogen-bond acceptors (Lipinski definition) is 3. The first kappa shape index (κ1) is 15.2. The van der Waals surface area contributed by atoms with Gasteiger partial charge < -0.3 is 9.88 Å². The summed E-state index contributed by atoms with van der Waals surface area (Å²) in [5.41, 5.74) is -0.136. The molecule has 5 nitrogen and oxygen atoms in total. The molecule has 112 valence electrons. The number of carbonyl (C=O) groups excluding carboxylic acids is 1. The van der Waals surface area contributed by atoms with Gasteiger partial charge in [-0.05, 0) is 18.4 Å². The van der Waals surface area contributed by atoms with Gasteiger partial charge >= 0.3 is 0 Å². The average Bonchev–Trinajstić information content (AvgIpc) is 2.82. The van der Waals surface area contributed by atoms with Crippen LogP contribution < -0.4 is 5.32 Å². The van der Waals surface area contributed by atoms with Crippen LogP contribution in [-0.4, -0.2) is 31.4 Å². The number of amides is 1. The van der Waals surface area contributed by atoms with Gasteiger partial charge in [0.1, 0.15) is 10.6 Å². The van der Waals surface area contributed by atoms with Gasteiger partial charge in [-0.1, -0.05) is 6.92 Å². The van der Waals surface area contributed by atoms with Crippen molar-refractivity contribution < 1.29 is 22.0 Å². The van der Waals surface area contributed by atoms with Crippen molar-refractivity contribution in [3.63, 3.8) is 0 Å². The Morgan fingerprint density at radius 3 is 2.65 bits per heavy atom. The van der Waals surface area contributed by atoms with Gasteiger partial charge in [0, 0.05) is 22.9 Å². The number of alkyl halides is 2. The van der Waals surface area contributed by atoms with E-state index >= 15 is 0 Å². The lowest BCUT2D eigenvalue weighted by molar-refractivity contribution is 0.0926. The SMILES string of the molecule is CC1CC1NC(=O)c1cc(S(=O)(=O)Cl)cn1CC(F)F. The van der Waals surface area contributed by atoms with Crippen LogP contribution >= 0.6 is 10.7 Å². The number of nitrogens with zero attached hydrogens (tertiary/aromatic N) is 1. The van der Waals surface area contributed by atoms with Crippen LogP contribution in [0.3, 0.4) is 0 Å². The van der Waals surface area contributed by atoms with Gasteiger partial charge in [0.2, 0.25) is 0 Å².